The third-order valence-electron chi connectivity index (χ3n) is 20.5. The van der Waals surface area contributed by atoms with Crippen LogP contribution >= 0.6 is 0 Å². The van der Waals surface area contributed by atoms with Crippen molar-refractivity contribution < 1.29 is 0 Å². The van der Waals surface area contributed by atoms with Crippen LogP contribution in [0.1, 0.15) is 22.3 Å². The summed E-state index contributed by atoms with van der Waals surface area (Å²) in [5.74, 6) is 0. The van der Waals surface area contributed by atoms with Crippen LogP contribution < -0.4 is 0 Å². The SMILES string of the molecule is c1ccc2c(c1)-c1ccccc1C21c2cc(-c3ccc(-c4ccc5c(c4)c4ccccc4n5-c4ccc5ccccc5c4)c4ccccc34)ccc2-c2ccc(-c3ccc(-c4ccc5c(c4)c4ccccc4n5-c4ccc5ccccc5c4)c4ccccc34)cc21. The molecular formula is C89H54N2. The van der Waals surface area contributed by atoms with Crippen molar-refractivity contribution in [3.63, 3.8) is 0 Å². The normalized spacial score (nSPS) is 12.9. The summed E-state index contributed by atoms with van der Waals surface area (Å²) in [6.45, 7) is 0. The summed E-state index contributed by atoms with van der Waals surface area (Å²) in [7, 11) is 0. The third kappa shape index (κ3) is 7.13. The standard InChI is InChI=1S/C89H54N2/c1-3-19-57-49-63(39-33-55(57)17-1)90-85-31-15-11-27-77(85)79-51-59(37-47-87(79)90)65-43-45-67(71-23-7-5-21-69(65)71)61-35-41-75-76-42-36-62(54-84(76)89(83(75)53-61)81-29-13-9-25-73(81)74-26-10-14-30-82(74)89)68-46-44-66(70-22-6-8-24-72(68)70)60-38-48-88-80(52-60)78-28-12-16-32-86(78)91(88)64-40-34-56-18-2-4-20-58(56)50-64/h1-54H. The van der Waals surface area contributed by atoms with Crippen molar-refractivity contribution in [3.05, 3.63) is 350 Å². The van der Waals surface area contributed by atoms with Crippen LogP contribution in [-0.2, 0) is 5.41 Å². The molecule has 2 nitrogen and oxygen atoms in total. The summed E-state index contributed by atoms with van der Waals surface area (Å²) in [4.78, 5) is 0. The van der Waals surface area contributed by atoms with Crippen molar-refractivity contribution in [2.75, 3.05) is 0 Å². The first kappa shape index (κ1) is 50.2. The van der Waals surface area contributed by atoms with Gasteiger partial charge in [-0.05, 0) is 205 Å². The highest BCUT2D eigenvalue weighted by Crippen LogP contribution is 2.64. The fourth-order valence-corrected chi connectivity index (χ4v) is 16.5. The Labute approximate surface area is 526 Å². The molecule has 0 N–H and O–H groups in total. The molecule has 0 atom stereocenters. The Hall–Kier alpha value is -11.8. The van der Waals surface area contributed by atoms with Crippen LogP contribution in [0.4, 0.5) is 0 Å². The maximum Gasteiger partial charge on any atom is 0.0725 e. The number of hydrogen-bond acceptors (Lipinski definition) is 0. The molecule has 0 fully saturated rings. The smallest absolute Gasteiger partial charge is 0.0725 e. The second kappa shape index (κ2) is 19.1. The second-order valence-electron chi connectivity index (χ2n) is 25.0. The second-order valence-corrected chi connectivity index (χ2v) is 25.0. The first-order valence-corrected chi connectivity index (χ1v) is 31.7. The van der Waals surface area contributed by atoms with Crippen LogP contribution in [-0.4, -0.2) is 9.13 Å². The molecule has 420 valence electrons. The van der Waals surface area contributed by atoms with Crippen LogP contribution in [0.5, 0.6) is 0 Å². The lowest BCUT2D eigenvalue weighted by Gasteiger charge is -2.31. The predicted octanol–water partition coefficient (Wildman–Crippen LogP) is 23.5. The maximum absolute atomic E-state index is 2.54. The fraction of sp³-hybridized carbons (Fsp3) is 0.0112. The molecule has 16 aromatic carbocycles. The molecule has 2 heteroatoms. The van der Waals surface area contributed by atoms with E-state index in [1.165, 1.54) is 187 Å². The zero-order chi connectivity index (χ0) is 59.5. The van der Waals surface area contributed by atoms with E-state index in [2.05, 4.69) is 337 Å². The van der Waals surface area contributed by atoms with Crippen molar-refractivity contribution in [1.29, 1.82) is 0 Å². The van der Waals surface area contributed by atoms with Gasteiger partial charge in [-0.3, -0.25) is 0 Å². The van der Waals surface area contributed by atoms with Gasteiger partial charge in [-0.25, -0.2) is 0 Å². The molecule has 0 radical (unpaired) electrons. The summed E-state index contributed by atoms with van der Waals surface area (Å²) >= 11 is 0. The summed E-state index contributed by atoms with van der Waals surface area (Å²) in [6.07, 6.45) is 0. The van der Waals surface area contributed by atoms with Crippen molar-refractivity contribution in [2.24, 2.45) is 0 Å². The summed E-state index contributed by atoms with van der Waals surface area (Å²) < 4.78 is 4.86. The average molecular weight is 1150 g/mol. The Kier molecular flexibility index (Phi) is 10.5. The Morgan fingerprint density at radius 1 is 0.176 bits per heavy atom. The fourth-order valence-electron chi connectivity index (χ4n) is 16.5. The highest BCUT2D eigenvalue weighted by molar-refractivity contribution is 6.15. The summed E-state index contributed by atoms with van der Waals surface area (Å²) in [5, 5.41) is 14.9. The molecule has 2 aliphatic carbocycles. The van der Waals surface area contributed by atoms with Crippen LogP contribution in [0, 0.1) is 0 Å². The minimum atomic E-state index is -0.557. The molecular weight excluding hydrogens is 1100 g/mol. The van der Waals surface area contributed by atoms with Crippen molar-refractivity contribution in [3.8, 4) is 78.1 Å². The highest BCUT2D eigenvalue weighted by Gasteiger charge is 2.52. The Morgan fingerprint density at radius 2 is 0.484 bits per heavy atom. The van der Waals surface area contributed by atoms with Crippen LogP contribution in [0.3, 0.4) is 0 Å². The third-order valence-corrected chi connectivity index (χ3v) is 20.5. The number of nitrogens with zero attached hydrogens (tertiary/aromatic N) is 2. The van der Waals surface area contributed by atoms with Gasteiger partial charge < -0.3 is 9.13 Å². The number of hydrogen-bond donors (Lipinski definition) is 0. The van der Waals surface area contributed by atoms with Gasteiger partial charge in [-0.2, -0.15) is 0 Å². The van der Waals surface area contributed by atoms with E-state index in [9.17, 15) is 0 Å². The molecule has 2 heterocycles. The monoisotopic (exact) mass is 1150 g/mol. The molecule has 18 aromatic rings. The van der Waals surface area contributed by atoms with Gasteiger partial charge in [-0.15, -0.1) is 0 Å². The van der Waals surface area contributed by atoms with E-state index in [-0.39, 0.29) is 0 Å². The lowest BCUT2D eigenvalue weighted by molar-refractivity contribution is 0.794. The molecule has 2 aromatic heterocycles. The van der Waals surface area contributed by atoms with Crippen LogP contribution in [0.15, 0.2) is 328 Å². The lowest BCUT2D eigenvalue weighted by Crippen LogP contribution is -2.26. The van der Waals surface area contributed by atoms with E-state index >= 15 is 0 Å². The molecule has 0 saturated heterocycles. The zero-order valence-corrected chi connectivity index (χ0v) is 49.6. The first-order chi connectivity index (χ1) is 45.1. The number of para-hydroxylation sites is 2. The van der Waals surface area contributed by atoms with Gasteiger partial charge in [0.15, 0.2) is 0 Å². The van der Waals surface area contributed by atoms with Gasteiger partial charge in [0.1, 0.15) is 0 Å². The van der Waals surface area contributed by atoms with E-state index in [0.717, 1.165) is 0 Å². The Balaban J connectivity index is 0.717. The van der Waals surface area contributed by atoms with Gasteiger partial charge in [0, 0.05) is 32.9 Å². The minimum absolute atomic E-state index is 0.557. The van der Waals surface area contributed by atoms with E-state index in [0.29, 0.717) is 0 Å². The number of benzene rings is 16. The quantitative estimate of drug-likeness (QED) is 0.157. The Morgan fingerprint density at radius 3 is 0.912 bits per heavy atom. The van der Waals surface area contributed by atoms with Crippen molar-refractivity contribution in [1.82, 2.24) is 9.13 Å². The zero-order valence-electron chi connectivity index (χ0n) is 49.6. The van der Waals surface area contributed by atoms with Gasteiger partial charge in [0.05, 0.1) is 27.5 Å². The molecule has 2 aliphatic rings. The number of rotatable bonds is 6. The van der Waals surface area contributed by atoms with E-state index < -0.39 is 5.41 Å². The lowest BCUT2D eigenvalue weighted by atomic mass is 9.70. The highest BCUT2D eigenvalue weighted by atomic mass is 15.0. The topological polar surface area (TPSA) is 9.86 Å². The van der Waals surface area contributed by atoms with Crippen LogP contribution in [0.25, 0.3) is 165 Å². The molecule has 0 aliphatic heterocycles. The average Bonchev–Trinajstić information content (AvgIpc) is 1.52. The van der Waals surface area contributed by atoms with E-state index in [4.69, 9.17) is 0 Å². The molecule has 20 rings (SSSR count). The van der Waals surface area contributed by atoms with Gasteiger partial charge in [-0.1, -0.05) is 255 Å². The molecule has 0 unspecified atom stereocenters. The van der Waals surface area contributed by atoms with E-state index in [1.807, 2.05) is 0 Å². The molecule has 91 heavy (non-hydrogen) atoms. The summed E-state index contributed by atoms with van der Waals surface area (Å²) in [6, 6.07) is 123. The van der Waals surface area contributed by atoms with Gasteiger partial charge in [0.2, 0.25) is 0 Å². The molecule has 0 bridgehead atoms. The maximum atomic E-state index is 2.54. The molecule has 1 spiro atoms. The van der Waals surface area contributed by atoms with Gasteiger partial charge >= 0.3 is 0 Å². The molecule has 0 amide bonds. The van der Waals surface area contributed by atoms with Crippen LogP contribution in [0.2, 0.25) is 0 Å². The molecule has 0 saturated carbocycles. The first-order valence-electron chi connectivity index (χ1n) is 31.7. The minimum Gasteiger partial charge on any atom is -0.309 e. The Bertz CT molecular complexity index is 5790. The van der Waals surface area contributed by atoms with Crippen molar-refractivity contribution >= 4 is 86.7 Å². The largest absolute Gasteiger partial charge is 0.309 e. The summed E-state index contributed by atoms with van der Waals surface area (Å²) in [5.41, 5.74) is 26.8. The number of aromatic nitrogens is 2. The van der Waals surface area contributed by atoms with Crippen molar-refractivity contribution in [2.45, 2.75) is 5.41 Å². The number of fused-ring (bicyclic) bond motifs is 20. The predicted molar refractivity (Wildman–Crippen MR) is 383 cm³/mol. The van der Waals surface area contributed by atoms with E-state index in [1.54, 1.807) is 0 Å². The van der Waals surface area contributed by atoms with Gasteiger partial charge in [0.25, 0.3) is 0 Å².